The maximum absolute atomic E-state index is 13.3. The van der Waals surface area contributed by atoms with Crippen molar-refractivity contribution in [1.29, 1.82) is 0 Å². The fourth-order valence-electron chi connectivity index (χ4n) is 4.43. The molecule has 0 saturated heterocycles. The average molecular weight is 551 g/mol. The zero-order valence-corrected chi connectivity index (χ0v) is 24.6. The second kappa shape index (κ2) is 14.9. The van der Waals surface area contributed by atoms with Crippen LogP contribution in [0.2, 0.25) is 5.02 Å². The summed E-state index contributed by atoms with van der Waals surface area (Å²) in [6.45, 7) is 8.78. The summed E-state index contributed by atoms with van der Waals surface area (Å²) in [6, 6.07) is 19.1. The molecule has 3 rings (SSSR count). The fourth-order valence-corrected chi connectivity index (χ4v) is 4.64. The predicted octanol–water partition coefficient (Wildman–Crippen LogP) is 7.93. The van der Waals surface area contributed by atoms with Crippen LogP contribution in [-0.2, 0) is 21.5 Å². The van der Waals surface area contributed by atoms with Gasteiger partial charge in [0.1, 0.15) is 12.4 Å². The minimum atomic E-state index is -0.271. The predicted molar refractivity (Wildman–Crippen MR) is 160 cm³/mol. The molecule has 210 valence electrons. The highest BCUT2D eigenvalue weighted by Gasteiger charge is 2.24. The van der Waals surface area contributed by atoms with Crippen molar-refractivity contribution in [3.8, 4) is 5.69 Å². The van der Waals surface area contributed by atoms with E-state index in [1.165, 1.54) is 25.7 Å². The van der Waals surface area contributed by atoms with E-state index < -0.39 is 0 Å². The number of benzene rings is 2. The van der Waals surface area contributed by atoms with Gasteiger partial charge in [-0.25, -0.2) is 4.68 Å². The molecule has 39 heavy (non-hydrogen) atoms. The maximum Gasteiger partial charge on any atom is 0.245 e. The Hall–Kier alpha value is -3.12. The van der Waals surface area contributed by atoms with Crippen LogP contribution in [0.5, 0.6) is 0 Å². The summed E-state index contributed by atoms with van der Waals surface area (Å²) in [7, 11) is 0. The van der Waals surface area contributed by atoms with Crippen molar-refractivity contribution in [2.75, 3.05) is 11.9 Å². The van der Waals surface area contributed by atoms with Crippen molar-refractivity contribution in [2.24, 2.45) is 0 Å². The molecule has 0 unspecified atom stereocenters. The molecule has 0 bridgehead atoms. The zero-order chi connectivity index (χ0) is 28.3. The lowest BCUT2D eigenvalue weighted by molar-refractivity contribution is -0.135. The Morgan fingerprint density at radius 2 is 1.56 bits per heavy atom. The van der Waals surface area contributed by atoms with E-state index in [1.54, 1.807) is 15.6 Å². The van der Waals surface area contributed by atoms with Gasteiger partial charge in [-0.1, -0.05) is 120 Å². The topological polar surface area (TPSA) is 67.2 Å². The number of hydrogen-bond acceptors (Lipinski definition) is 3. The van der Waals surface area contributed by atoms with Crippen LogP contribution in [0.25, 0.3) is 5.69 Å². The fraction of sp³-hybridized carbons (Fsp3) is 0.469. The molecule has 2 aromatic carbocycles. The molecule has 3 aromatic rings. The number of nitrogens with zero attached hydrogens (tertiary/aromatic N) is 3. The number of para-hydroxylation sites is 1. The lowest BCUT2D eigenvalue weighted by Gasteiger charge is -2.23. The Balaban J connectivity index is 1.73. The summed E-state index contributed by atoms with van der Waals surface area (Å²) in [5.41, 5.74) is 2.28. The Morgan fingerprint density at radius 3 is 2.23 bits per heavy atom. The monoisotopic (exact) mass is 550 g/mol. The standard InChI is InChI=1S/C32H43ClN4O2/c1-5-6-7-8-9-10-14-21-31(39)36(23-25-17-12-11-13-18-25)24-30(38)34-29-22-28(32(2,3)4)35-37(29)27-20-16-15-19-26(27)33/h11-13,15-20,22H,5-10,14,21,23-24H2,1-4H3,(H,34,38). The summed E-state index contributed by atoms with van der Waals surface area (Å²) in [6.07, 6.45) is 8.44. The lowest BCUT2D eigenvalue weighted by atomic mass is 9.92. The molecular weight excluding hydrogens is 508 g/mol. The van der Waals surface area contributed by atoms with Crippen molar-refractivity contribution in [1.82, 2.24) is 14.7 Å². The first-order chi connectivity index (χ1) is 18.7. The van der Waals surface area contributed by atoms with Crippen molar-refractivity contribution in [2.45, 2.75) is 91.0 Å². The van der Waals surface area contributed by atoms with E-state index in [-0.39, 0.29) is 23.8 Å². The quantitative estimate of drug-likeness (QED) is 0.207. The number of unbranched alkanes of at least 4 members (excludes halogenated alkanes) is 6. The Morgan fingerprint density at radius 1 is 0.923 bits per heavy atom. The molecule has 2 amide bonds. The molecule has 0 fully saturated rings. The SMILES string of the molecule is CCCCCCCCCC(=O)N(CC(=O)Nc1cc(C(C)(C)C)nn1-c1ccccc1Cl)Cc1ccccc1. The van der Waals surface area contributed by atoms with Crippen LogP contribution in [-0.4, -0.2) is 33.0 Å². The van der Waals surface area contributed by atoms with Crippen LogP contribution >= 0.6 is 11.6 Å². The molecule has 0 spiro atoms. The number of anilines is 1. The molecule has 6 nitrogen and oxygen atoms in total. The number of nitrogens with one attached hydrogen (secondary N) is 1. The zero-order valence-electron chi connectivity index (χ0n) is 23.9. The normalized spacial score (nSPS) is 11.4. The van der Waals surface area contributed by atoms with Gasteiger partial charge in [-0.2, -0.15) is 5.10 Å². The minimum absolute atomic E-state index is 0.00227. The van der Waals surface area contributed by atoms with E-state index in [0.29, 0.717) is 29.5 Å². The third kappa shape index (κ3) is 9.54. The number of carbonyl (C=O) groups is 2. The number of aromatic nitrogens is 2. The molecule has 0 atom stereocenters. The molecule has 0 radical (unpaired) electrons. The van der Waals surface area contributed by atoms with Gasteiger partial charge in [0.2, 0.25) is 11.8 Å². The Labute approximate surface area is 238 Å². The van der Waals surface area contributed by atoms with Crippen LogP contribution in [0, 0.1) is 0 Å². The molecule has 1 aromatic heterocycles. The number of hydrogen-bond donors (Lipinski definition) is 1. The van der Waals surface area contributed by atoms with Gasteiger partial charge >= 0.3 is 0 Å². The number of rotatable bonds is 14. The van der Waals surface area contributed by atoms with Gasteiger partial charge in [-0.3, -0.25) is 9.59 Å². The second-order valence-electron chi connectivity index (χ2n) is 11.2. The number of halogens is 1. The average Bonchev–Trinajstić information content (AvgIpc) is 3.32. The first-order valence-electron chi connectivity index (χ1n) is 14.2. The summed E-state index contributed by atoms with van der Waals surface area (Å²) in [5, 5.41) is 8.30. The third-order valence-corrected chi connectivity index (χ3v) is 7.04. The molecule has 0 saturated carbocycles. The smallest absolute Gasteiger partial charge is 0.245 e. The highest BCUT2D eigenvalue weighted by molar-refractivity contribution is 6.32. The largest absolute Gasteiger partial charge is 0.329 e. The summed E-state index contributed by atoms with van der Waals surface area (Å²) < 4.78 is 1.67. The van der Waals surface area contributed by atoms with Crippen molar-refractivity contribution < 1.29 is 9.59 Å². The van der Waals surface area contributed by atoms with Crippen molar-refractivity contribution in [3.63, 3.8) is 0 Å². The van der Waals surface area contributed by atoms with E-state index >= 15 is 0 Å². The van der Waals surface area contributed by atoms with Gasteiger partial charge < -0.3 is 10.2 Å². The third-order valence-electron chi connectivity index (χ3n) is 6.72. The van der Waals surface area contributed by atoms with Crippen LogP contribution in [0.15, 0.2) is 60.7 Å². The van der Waals surface area contributed by atoms with Crippen molar-refractivity contribution >= 4 is 29.2 Å². The maximum atomic E-state index is 13.3. The second-order valence-corrected chi connectivity index (χ2v) is 11.6. The molecule has 0 aliphatic heterocycles. The van der Waals surface area contributed by atoms with Crippen molar-refractivity contribution in [3.05, 3.63) is 76.9 Å². The Kier molecular flexibility index (Phi) is 11.6. The van der Waals surface area contributed by atoms with Gasteiger partial charge in [0.05, 0.1) is 16.4 Å². The number of carbonyl (C=O) groups excluding carboxylic acids is 2. The van der Waals surface area contributed by atoms with Crippen LogP contribution in [0.4, 0.5) is 5.82 Å². The minimum Gasteiger partial charge on any atom is -0.329 e. The first kappa shape index (κ1) is 30.4. The molecule has 7 heteroatoms. The summed E-state index contributed by atoms with van der Waals surface area (Å²) >= 11 is 6.48. The summed E-state index contributed by atoms with van der Waals surface area (Å²) in [4.78, 5) is 28.2. The highest BCUT2D eigenvalue weighted by atomic mass is 35.5. The molecular formula is C32H43ClN4O2. The van der Waals surface area contributed by atoms with Crippen LogP contribution < -0.4 is 5.32 Å². The van der Waals surface area contributed by atoms with E-state index in [9.17, 15) is 9.59 Å². The molecule has 0 aliphatic rings. The van der Waals surface area contributed by atoms with Gasteiger partial charge in [0, 0.05) is 24.4 Å². The van der Waals surface area contributed by atoms with Gasteiger partial charge in [-0.15, -0.1) is 0 Å². The van der Waals surface area contributed by atoms with E-state index in [1.807, 2.05) is 54.6 Å². The Bertz CT molecular complexity index is 1200. The summed E-state index contributed by atoms with van der Waals surface area (Å²) in [5.74, 6) is 0.252. The van der Waals surface area contributed by atoms with Crippen LogP contribution in [0.1, 0.15) is 90.3 Å². The van der Waals surface area contributed by atoms with Crippen LogP contribution in [0.3, 0.4) is 0 Å². The van der Waals surface area contributed by atoms with E-state index in [0.717, 1.165) is 30.5 Å². The molecule has 1 N–H and O–H groups in total. The van der Waals surface area contributed by atoms with E-state index in [2.05, 4.69) is 33.0 Å². The van der Waals surface area contributed by atoms with Gasteiger partial charge in [0.15, 0.2) is 0 Å². The molecule has 1 heterocycles. The number of amides is 2. The van der Waals surface area contributed by atoms with Gasteiger partial charge in [-0.05, 0) is 24.1 Å². The molecule has 0 aliphatic carbocycles. The first-order valence-corrected chi connectivity index (χ1v) is 14.5. The van der Waals surface area contributed by atoms with Gasteiger partial charge in [0.25, 0.3) is 0 Å². The highest BCUT2D eigenvalue weighted by Crippen LogP contribution is 2.29. The lowest BCUT2D eigenvalue weighted by Crippen LogP contribution is -2.37. The van der Waals surface area contributed by atoms with E-state index in [4.69, 9.17) is 16.7 Å².